The van der Waals surface area contributed by atoms with E-state index in [0.29, 0.717) is 5.39 Å². The van der Waals surface area contributed by atoms with Crippen molar-refractivity contribution in [1.29, 1.82) is 0 Å². The Bertz CT molecular complexity index is 1010. The van der Waals surface area contributed by atoms with E-state index in [-0.39, 0.29) is 27.5 Å². The average molecular weight is 348 g/mol. The van der Waals surface area contributed by atoms with E-state index in [1.165, 1.54) is 29.5 Å². The van der Waals surface area contributed by atoms with Crippen LogP contribution < -0.4 is 5.56 Å². The van der Waals surface area contributed by atoms with Gasteiger partial charge in [0.2, 0.25) is 0 Å². The number of nitrogens with zero attached hydrogens (tertiary/aromatic N) is 2. The van der Waals surface area contributed by atoms with Crippen LogP contribution in [0.15, 0.2) is 28.5 Å². The quantitative estimate of drug-likeness (QED) is 0.758. The summed E-state index contributed by atoms with van der Waals surface area (Å²) in [4.78, 5) is 35.0. The third-order valence-electron chi connectivity index (χ3n) is 3.22. The Balaban J connectivity index is 2.15. The minimum absolute atomic E-state index is 0.0555. The standard InChI is InChI=1S/C15H10ClN3O3S/c1-7-12(23-6-17-7)5-10(16)13-18-11-4-8(15(21)22)2-3-9(11)14(20)19-13/h2-6H,1H3,(H,21,22)(H,18,19,20)/b10-5-. The molecule has 1 aromatic carbocycles. The predicted molar refractivity (Wildman–Crippen MR) is 89.9 cm³/mol. The molecule has 0 spiro atoms. The van der Waals surface area contributed by atoms with Crippen molar-refractivity contribution in [3.8, 4) is 0 Å². The zero-order valence-electron chi connectivity index (χ0n) is 11.8. The molecular formula is C15H10ClN3O3S. The first-order chi connectivity index (χ1) is 11.0. The van der Waals surface area contributed by atoms with E-state index < -0.39 is 5.97 Å². The van der Waals surface area contributed by atoms with Crippen LogP contribution in [0.25, 0.3) is 22.0 Å². The Kier molecular flexibility index (Phi) is 3.97. The van der Waals surface area contributed by atoms with Crippen molar-refractivity contribution in [2.45, 2.75) is 6.92 Å². The highest BCUT2D eigenvalue weighted by Gasteiger charge is 2.11. The smallest absolute Gasteiger partial charge is 0.335 e. The van der Waals surface area contributed by atoms with Crippen LogP contribution in [0, 0.1) is 6.92 Å². The van der Waals surface area contributed by atoms with Crippen molar-refractivity contribution in [3.05, 3.63) is 56.0 Å². The number of carboxylic acid groups (broad SMARTS) is 1. The van der Waals surface area contributed by atoms with Gasteiger partial charge in [0, 0.05) is 0 Å². The van der Waals surface area contributed by atoms with Crippen LogP contribution in [-0.2, 0) is 0 Å². The Morgan fingerprint density at radius 1 is 1.43 bits per heavy atom. The van der Waals surface area contributed by atoms with E-state index in [2.05, 4.69) is 15.0 Å². The number of rotatable bonds is 3. The number of benzene rings is 1. The van der Waals surface area contributed by atoms with Gasteiger partial charge in [0.25, 0.3) is 5.56 Å². The highest BCUT2D eigenvalue weighted by atomic mass is 35.5. The molecule has 3 aromatic rings. The second kappa shape index (κ2) is 5.94. The molecule has 8 heteroatoms. The van der Waals surface area contributed by atoms with Crippen LogP contribution in [0.1, 0.15) is 26.8 Å². The molecule has 2 aromatic heterocycles. The van der Waals surface area contributed by atoms with Gasteiger partial charge in [-0.15, -0.1) is 11.3 Å². The number of halogens is 1. The minimum atomic E-state index is -1.09. The van der Waals surface area contributed by atoms with Crippen LogP contribution in [0.2, 0.25) is 0 Å². The van der Waals surface area contributed by atoms with Crippen LogP contribution in [0.3, 0.4) is 0 Å². The zero-order chi connectivity index (χ0) is 16.6. The van der Waals surface area contributed by atoms with Gasteiger partial charge in [-0.25, -0.2) is 14.8 Å². The molecule has 0 saturated carbocycles. The van der Waals surface area contributed by atoms with Gasteiger partial charge < -0.3 is 10.1 Å². The van der Waals surface area contributed by atoms with Gasteiger partial charge in [-0.2, -0.15) is 0 Å². The number of thiazole rings is 1. The lowest BCUT2D eigenvalue weighted by Crippen LogP contribution is -2.11. The number of carboxylic acids is 1. The molecule has 2 heterocycles. The van der Waals surface area contributed by atoms with Crippen LogP contribution in [-0.4, -0.2) is 26.0 Å². The molecule has 6 nitrogen and oxygen atoms in total. The van der Waals surface area contributed by atoms with E-state index in [0.717, 1.165) is 10.6 Å². The Labute approximate surface area is 139 Å². The van der Waals surface area contributed by atoms with Crippen molar-refractivity contribution in [2.75, 3.05) is 0 Å². The summed E-state index contributed by atoms with van der Waals surface area (Å²) in [6, 6.07) is 4.14. The van der Waals surface area contributed by atoms with Gasteiger partial charge >= 0.3 is 5.97 Å². The lowest BCUT2D eigenvalue weighted by Gasteiger charge is -2.03. The van der Waals surface area contributed by atoms with Crippen molar-refractivity contribution >= 4 is 50.9 Å². The number of carbonyl (C=O) groups is 1. The molecule has 23 heavy (non-hydrogen) atoms. The van der Waals surface area contributed by atoms with Crippen molar-refractivity contribution in [3.63, 3.8) is 0 Å². The molecule has 0 saturated heterocycles. The molecule has 0 aliphatic heterocycles. The molecule has 3 rings (SSSR count). The van der Waals surface area contributed by atoms with E-state index in [1.54, 1.807) is 11.6 Å². The first-order valence-electron chi connectivity index (χ1n) is 6.51. The summed E-state index contributed by atoms with van der Waals surface area (Å²) in [6.45, 7) is 1.85. The molecule has 0 amide bonds. The summed E-state index contributed by atoms with van der Waals surface area (Å²) in [5.74, 6) is -0.906. The van der Waals surface area contributed by atoms with Crippen LogP contribution >= 0.6 is 22.9 Å². The molecule has 0 aliphatic carbocycles. The van der Waals surface area contributed by atoms with E-state index in [1.807, 2.05) is 6.92 Å². The zero-order valence-corrected chi connectivity index (χ0v) is 13.4. The second-order valence-corrected chi connectivity index (χ2v) is 6.04. The fourth-order valence-electron chi connectivity index (χ4n) is 2.02. The topological polar surface area (TPSA) is 95.9 Å². The van der Waals surface area contributed by atoms with Crippen LogP contribution in [0.5, 0.6) is 0 Å². The predicted octanol–water partition coefficient (Wildman–Crippen LogP) is 3.12. The number of aromatic amines is 1. The first kappa shape index (κ1) is 15.4. The lowest BCUT2D eigenvalue weighted by atomic mass is 10.1. The number of aryl methyl sites for hydroxylation is 1. The largest absolute Gasteiger partial charge is 0.478 e. The number of nitrogens with one attached hydrogen (secondary N) is 1. The SMILES string of the molecule is Cc1ncsc1/C=C(\Cl)c1nc2cc(C(=O)O)ccc2c(=O)[nH]1. The molecule has 0 atom stereocenters. The van der Waals surface area contributed by atoms with Gasteiger partial charge in [-0.3, -0.25) is 4.79 Å². The number of hydrogen-bond acceptors (Lipinski definition) is 5. The third kappa shape index (κ3) is 3.01. The molecular weight excluding hydrogens is 338 g/mol. The maximum absolute atomic E-state index is 12.1. The van der Waals surface area contributed by atoms with E-state index >= 15 is 0 Å². The summed E-state index contributed by atoms with van der Waals surface area (Å²) >= 11 is 7.65. The number of fused-ring (bicyclic) bond motifs is 1. The number of H-pyrrole nitrogens is 1. The normalized spacial score (nSPS) is 11.8. The van der Waals surface area contributed by atoms with Crippen LogP contribution in [0.4, 0.5) is 0 Å². The molecule has 0 radical (unpaired) electrons. The minimum Gasteiger partial charge on any atom is -0.478 e. The maximum Gasteiger partial charge on any atom is 0.335 e. The monoisotopic (exact) mass is 347 g/mol. The summed E-state index contributed by atoms with van der Waals surface area (Å²) in [5, 5.41) is 9.59. The van der Waals surface area contributed by atoms with E-state index in [9.17, 15) is 9.59 Å². The maximum atomic E-state index is 12.1. The van der Waals surface area contributed by atoms with Gasteiger partial charge in [-0.05, 0) is 31.2 Å². The molecule has 0 bridgehead atoms. The van der Waals surface area contributed by atoms with E-state index in [4.69, 9.17) is 16.7 Å². The molecule has 0 fully saturated rings. The van der Waals surface area contributed by atoms with Crippen molar-refractivity contribution in [2.24, 2.45) is 0 Å². The van der Waals surface area contributed by atoms with Crippen molar-refractivity contribution in [1.82, 2.24) is 15.0 Å². The second-order valence-electron chi connectivity index (χ2n) is 4.75. The molecule has 116 valence electrons. The summed E-state index contributed by atoms with van der Waals surface area (Å²) < 4.78 is 0. The molecule has 0 unspecified atom stereocenters. The Morgan fingerprint density at radius 2 is 2.22 bits per heavy atom. The number of aromatic carboxylic acids is 1. The first-order valence-corrected chi connectivity index (χ1v) is 7.76. The molecule has 0 aliphatic rings. The summed E-state index contributed by atoms with van der Waals surface area (Å²) in [6.07, 6.45) is 1.67. The number of aromatic nitrogens is 3. The highest BCUT2D eigenvalue weighted by Crippen LogP contribution is 2.23. The Hall–Kier alpha value is -2.51. The lowest BCUT2D eigenvalue weighted by molar-refractivity contribution is 0.0697. The Morgan fingerprint density at radius 3 is 2.87 bits per heavy atom. The highest BCUT2D eigenvalue weighted by molar-refractivity contribution is 7.10. The summed E-state index contributed by atoms with van der Waals surface area (Å²) in [7, 11) is 0. The average Bonchev–Trinajstić information content (AvgIpc) is 2.91. The van der Waals surface area contributed by atoms with Gasteiger partial charge in [0.05, 0.1) is 37.6 Å². The fraction of sp³-hybridized carbons (Fsp3) is 0.0667. The summed E-state index contributed by atoms with van der Waals surface area (Å²) in [5.41, 5.74) is 2.47. The molecule has 2 N–H and O–H groups in total. The van der Waals surface area contributed by atoms with Gasteiger partial charge in [0.15, 0.2) is 5.82 Å². The third-order valence-corrected chi connectivity index (χ3v) is 4.39. The van der Waals surface area contributed by atoms with Crippen molar-refractivity contribution < 1.29 is 9.90 Å². The fourth-order valence-corrected chi connectivity index (χ4v) is 3.02. The van der Waals surface area contributed by atoms with Gasteiger partial charge in [-0.1, -0.05) is 11.6 Å². The number of hydrogen-bond donors (Lipinski definition) is 2. The van der Waals surface area contributed by atoms with Gasteiger partial charge in [0.1, 0.15) is 0 Å².